The van der Waals surface area contributed by atoms with Crippen molar-refractivity contribution in [3.8, 4) is 5.75 Å². The van der Waals surface area contributed by atoms with Crippen molar-refractivity contribution < 1.29 is 14.3 Å². The van der Waals surface area contributed by atoms with Gasteiger partial charge in [-0.25, -0.2) is 4.98 Å². The van der Waals surface area contributed by atoms with Gasteiger partial charge < -0.3 is 15.4 Å². The van der Waals surface area contributed by atoms with Crippen molar-refractivity contribution in [2.24, 2.45) is 0 Å². The average Bonchev–Trinajstić information content (AvgIpc) is 2.69. The predicted molar refractivity (Wildman–Crippen MR) is 105 cm³/mol. The SMILES string of the molecule is COc1ccc(NC(=O)c2ccc(NC(=O)c3ccnc(Cl)c3)cc2)cc1. The Kier molecular flexibility index (Phi) is 5.68. The molecule has 0 aliphatic carbocycles. The number of rotatable bonds is 5. The van der Waals surface area contributed by atoms with E-state index in [2.05, 4.69) is 15.6 Å². The number of pyridine rings is 1. The topological polar surface area (TPSA) is 80.3 Å². The van der Waals surface area contributed by atoms with Gasteiger partial charge in [-0.3, -0.25) is 9.59 Å². The smallest absolute Gasteiger partial charge is 0.255 e. The molecule has 0 radical (unpaired) electrons. The Balaban J connectivity index is 1.63. The standard InChI is InChI=1S/C20H16ClN3O3/c1-27-17-8-6-16(7-9-17)23-19(25)13-2-4-15(5-3-13)24-20(26)14-10-11-22-18(21)12-14/h2-12H,1H3,(H,23,25)(H,24,26). The Labute approximate surface area is 161 Å². The lowest BCUT2D eigenvalue weighted by atomic mass is 10.1. The van der Waals surface area contributed by atoms with Gasteiger partial charge in [0.05, 0.1) is 7.11 Å². The third-order valence-corrected chi connectivity index (χ3v) is 3.95. The zero-order valence-corrected chi connectivity index (χ0v) is 15.2. The van der Waals surface area contributed by atoms with Gasteiger partial charge in [0.15, 0.2) is 0 Å². The number of nitrogens with zero attached hydrogens (tertiary/aromatic N) is 1. The maximum Gasteiger partial charge on any atom is 0.255 e. The number of hydrogen-bond donors (Lipinski definition) is 2. The van der Waals surface area contributed by atoms with Crippen LogP contribution in [0.2, 0.25) is 5.15 Å². The molecule has 0 unspecified atom stereocenters. The Morgan fingerprint density at radius 3 is 1.96 bits per heavy atom. The van der Waals surface area contributed by atoms with Crippen LogP contribution in [0.25, 0.3) is 0 Å². The first kappa shape index (κ1) is 18.4. The van der Waals surface area contributed by atoms with Crippen molar-refractivity contribution >= 4 is 34.8 Å². The van der Waals surface area contributed by atoms with Gasteiger partial charge in [-0.2, -0.15) is 0 Å². The summed E-state index contributed by atoms with van der Waals surface area (Å²) in [4.78, 5) is 28.3. The first-order valence-corrected chi connectivity index (χ1v) is 8.41. The molecule has 2 aromatic carbocycles. The van der Waals surface area contributed by atoms with Crippen LogP contribution in [0.4, 0.5) is 11.4 Å². The summed E-state index contributed by atoms with van der Waals surface area (Å²) >= 11 is 5.79. The van der Waals surface area contributed by atoms with E-state index in [4.69, 9.17) is 16.3 Å². The second kappa shape index (κ2) is 8.33. The fourth-order valence-electron chi connectivity index (χ4n) is 2.33. The molecule has 0 atom stereocenters. The maximum atomic E-state index is 12.3. The summed E-state index contributed by atoms with van der Waals surface area (Å²) in [6, 6.07) is 16.7. The number of hydrogen-bond acceptors (Lipinski definition) is 4. The molecule has 136 valence electrons. The summed E-state index contributed by atoms with van der Waals surface area (Å²) in [5.41, 5.74) is 2.09. The van der Waals surface area contributed by atoms with E-state index >= 15 is 0 Å². The molecular formula is C20H16ClN3O3. The Morgan fingerprint density at radius 2 is 1.41 bits per heavy atom. The van der Waals surface area contributed by atoms with E-state index in [-0.39, 0.29) is 17.0 Å². The molecule has 0 aliphatic rings. The molecule has 27 heavy (non-hydrogen) atoms. The van der Waals surface area contributed by atoms with Gasteiger partial charge in [-0.05, 0) is 60.7 Å². The Bertz CT molecular complexity index is 957. The normalized spacial score (nSPS) is 10.1. The number of benzene rings is 2. The summed E-state index contributed by atoms with van der Waals surface area (Å²) < 4.78 is 5.08. The van der Waals surface area contributed by atoms with Crippen molar-refractivity contribution in [1.82, 2.24) is 4.98 Å². The van der Waals surface area contributed by atoms with E-state index in [9.17, 15) is 9.59 Å². The highest BCUT2D eigenvalue weighted by Crippen LogP contribution is 2.17. The second-order valence-corrected chi connectivity index (χ2v) is 5.97. The molecule has 3 rings (SSSR count). The summed E-state index contributed by atoms with van der Waals surface area (Å²) in [5, 5.41) is 5.79. The third kappa shape index (κ3) is 4.83. The Morgan fingerprint density at radius 1 is 0.852 bits per heavy atom. The van der Waals surface area contributed by atoms with Crippen LogP contribution in [0.15, 0.2) is 66.9 Å². The van der Waals surface area contributed by atoms with E-state index in [1.165, 1.54) is 12.3 Å². The van der Waals surface area contributed by atoms with Gasteiger partial charge >= 0.3 is 0 Å². The largest absolute Gasteiger partial charge is 0.497 e. The van der Waals surface area contributed by atoms with Crippen LogP contribution in [0.5, 0.6) is 5.75 Å². The summed E-state index contributed by atoms with van der Waals surface area (Å²) in [6.45, 7) is 0. The highest BCUT2D eigenvalue weighted by atomic mass is 35.5. The summed E-state index contributed by atoms with van der Waals surface area (Å²) in [5.74, 6) is 0.150. The molecule has 0 fully saturated rings. The van der Waals surface area contributed by atoms with Crippen molar-refractivity contribution in [3.63, 3.8) is 0 Å². The van der Waals surface area contributed by atoms with E-state index in [0.717, 1.165) is 0 Å². The van der Waals surface area contributed by atoms with Gasteiger partial charge in [0.25, 0.3) is 11.8 Å². The molecule has 7 heteroatoms. The third-order valence-electron chi connectivity index (χ3n) is 3.74. The minimum atomic E-state index is -0.310. The highest BCUT2D eigenvalue weighted by molar-refractivity contribution is 6.29. The lowest BCUT2D eigenvalue weighted by molar-refractivity contribution is 0.102. The molecule has 0 saturated heterocycles. The minimum absolute atomic E-state index is 0.244. The van der Waals surface area contributed by atoms with Crippen LogP contribution in [0.1, 0.15) is 20.7 Å². The van der Waals surface area contributed by atoms with E-state index in [1.807, 2.05) is 0 Å². The van der Waals surface area contributed by atoms with Crippen LogP contribution >= 0.6 is 11.6 Å². The second-order valence-electron chi connectivity index (χ2n) is 5.58. The van der Waals surface area contributed by atoms with Crippen LogP contribution in [-0.4, -0.2) is 23.9 Å². The molecule has 3 aromatic rings. The molecular weight excluding hydrogens is 366 g/mol. The van der Waals surface area contributed by atoms with Crippen LogP contribution in [0, 0.1) is 0 Å². The first-order valence-electron chi connectivity index (χ1n) is 8.03. The molecule has 1 heterocycles. The van der Waals surface area contributed by atoms with Gasteiger partial charge in [-0.15, -0.1) is 0 Å². The molecule has 0 saturated carbocycles. The average molecular weight is 382 g/mol. The number of nitrogens with one attached hydrogen (secondary N) is 2. The van der Waals surface area contributed by atoms with Crippen molar-refractivity contribution in [2.45, 2.75) is 0 Å². The minimum Gasteiger partial charge on any atom is -0.497 e. The number of aromatic nitrogens is 1. The molecule has 2 amide bonds. The molecule has 1 aromatic heterocycles. The molecule has 0 aliphatic heterocycles. The molecule has 0 bridgehead atoms. The number of carbonyl (C=O) groups excluding carboxylic acids is 2. The van der Waals surface area contributed by atoms with E-state index in [0.29, 0.717) is 28.3 Å². The van der Waals surface area contributed by atoms with Crippen molar-refractivity contribution in [1.29, 1.82) is 0 Å². The number of ether oxygens (including phenoxy) is 1. The van der Waals surface area contributed by atoms with Crippen LogP contribution < -0.4 is 15.4 Å². The zero-order valence-electron chi connectivity index (χ0n) is 14.4. The lowest BCUT2D eigenvalue weighted by Crippen LogP contribution is -2.13. The van der Waals surface area contributed by atoms with Gasteiger partial charge in [0.1, 0.15) is 10.9 Å². The van der Waals surface area contributed by atoms with E-state index < -0.39 is 0 Å². The number of anilines is 2. The number of amides is 2. The quantitative estimate of drug-likeness (QED) is 0.647. The maximum absolute atomic E-state index is 12.3. The van der Waals surface area contributed by atoms with Gasteiger partial charge in [0.2, 0.25) is 0 Å². The first-order chi connectivity index (χ1) is 13.0. The fraction of sp³-hybridized carbons (Fsp3) is 0.0500. The van der Waals surface area contributed by atoms with Crippen molar-refractivity contribution in [2.75, 3.05) is 17.7 Å². The number of carbonyl (C=O) groups is 2. The lowest BCUT2D eigenvalue weighted by Gasteiger charge is -2.08. The zero-order chi connectivity index (χ0) is 19.2. The molecule has 6 nitrogen and oxygen atoms in total. The predicted octanol–water partition coefficient (Wildman–Crippen LogP) is 4.25. The molecule has 2 N–H and O–H groups in total. The van der Waals surface area contributed by atoms with Crippen LogP contribution in [-0.2, 0) is 0 Å². The fourth-order valence-corrected chi connectivity index (χ4v) is 2.50. The number of methoxy groups -OCH3 is 1. The summed E-state index contributed by atoms with van der Waals surface area (Å²) in [7, 11) is 1.58. The van der Waals surface area contributed by atoms with Gasteiger partial charge in [-0.1, -0.05) is 11.6 Å². The van der Waals surface area contributed by atoms with E-state index in [1.54, 1.807) is 61.7 Å². The number of halogens is 1. The molecule has 0 spiro atoms. The summed E-state index contributed by atoms with van der Waals surface area (Å²) in [6.07, 6.45) is 1.46. The monoisotopic (exact) mass is 381 g/mol. The van der Waals surface area contributed by atoms with Gasteiger partial charge in [0, 0.05) is 28.7 Å². The highest BCUT2D eigenvalue weighted by Gasteiger charge is 2.09. The Hall–Kier alpha value is -3.38. The van der Waals surface area contributed by atoms with Crippen LogP contribution in [0.3, 0.4) is 0 Å². The van der Waals surface area contributed by atoms with Crippen molar-refractivity contribution in [3.05, 3.63) is 83.1 Å².